The van der Waals surface area contributed by atoms with E-state index in [2.05, 4.69) is 53.4 Å². The van der Waals surface area contributed by atoms with Gasteiger partial charge in [0.25, 0.3) is 0 Å². The van der Waals surface area contributed by atoms with Crippen LogP contribution in [0.5, 0.6) is 0 Å². The lowest BCUT2D eigenvalue weighted by Crippen LogP contribution is -2.24. The Hall–Kier alpha value is -0.0800. The predicted octanol–water partition coefficient (Wildman–Crippen LogP) is 6.78. The summed E-state index contributed by atoms with van der Waals surface area (Å²) in [6.07, 6.45) is 7.49. The predicted molar refractivity (Wildman–Crippen MR) is 106 cm³/mol. The minimum absolute atomic E-state index is 0.924. The SMILES string of the molecule is CC.CCCC.CCCN(CC)CCC.CCCOCCC. The van der Waals surface area contributed by atoms with Gasteiger partial charge >= 0.3 is 0 Å². The Labute approximate surface area is 144 Å². The molecule has 0 aromatic rings. The number of unbranched alkanes of at least 4 members (excludes halogenated alkanes) is 1. The maximum Gasteiger partial charge on any atom is 0.0463 e. The van der Waals surface area contributed by atoms with Crippen LogP contribution in [0.2, 0.25) is 0 Å². The molecule has 0 unspecified atom stereocenters. The molecule has 0 fully saturated rings. The summed E-state index contributed by atoms with van der Waals surface area (Å²) < 4.78 is 5.13. The molecule has 0 atom stereocenters. The first kappa shape index (κ1) is 29.9. The van der Waals surface area contributed by atoms with Gasteiger partial charge in [-0.25, -0.2) is 0 Å². The molecule has 0 amide bonds. The van der Waals surface area contributed by atoms with Gasteiger partial charge in [0.15, 0.2) is 0 Å². The summed E-state index contributed by atoms with van der Waals surface area (Å²) in [6, 6.07) is 0. The molecular weight excluding hydrogens is 270 g/mol. The number of nitrogens with zero attached hydrogens (tertiary/aromatic N) is 1. The lowest BCUT2D eigenvalue weighted by Gasteiger charge is -2.17. The van der Waals surface area contributed by atoms with Crippen molar-refractivity contribution in [2.24, 2.45) is 0 Å². The van der Waals surface area contributed by atoms with Crippen LogP contribution >= 0.6 is 0 Å². The second-order valence-electron chi connectivity index (χ2n) is 5.05. The van der Waals surface area contributed by atoms with Crippen LogP contribution in [0.3, 0.4) is 0 Å². The third-order valence-electron chi connectivity index (χ3n) is 2.72. The van der Waals surface area contributed by atoms with E-state index in [-0.39, 0.29) is 0 Å². The summed E-state index contributed by atoms with van der Waals surface area (Å²) in [4.78, 5) is 2.49. The molecule has 0 aromatic heterocycles. The topological polar surface area (TPSA) is 12.5 Å². The molecular formula is C20H49NO. The van der Waals surface area contributed by atoms with Gasteiger partial charge in [-0.2, -0.15) is 0 Å². The molecule has 0 saturated carbocycles. The fraction of sp³-hybridized carbons (Fsp3) is 1.00. The first-order valence-electron chi connectivity index (χ1n) is 9.98. The smallest absolute Gasteiger partial charge is 0.0463 e. The Morgan fingerprint density at radius 2 is 0.909 bits per heavy atom. The minimum Gasteiger partial charge on any atom is -0.381 e. The van der Waals surface area contributed by atoms with Crippen molar-refractivity contribution >= 4 is 0 Å². The van der Waals surface area contributed by atoms with Crippen LogP contribution in [0.25, 0.3) is 0 Å². The van der Waals surface area contributed by atoms with Gasteiger partial charge in [0, 0.05) is 13.2 Å². The van der Waals surface area contributed by atoms with Crippen molar-refractivity contribution in [2.75, 3.05) is 32.8 Å². The highest BCUT2D eigenvalue weighted by atomic mass is 16.5. The zero-order chi connectivity index (χ0) is 18.1. The molecule has 140 valence electrons. The van der Waals surface area contributed by atoms with E-state index in [1.165, 1.54) is 45.3 Å². The van der Waals surface area contributed by atoms with E-state index >= 15 is 0 Å². The monoisotopic (exact) mass is 319 g/mol. The van der Waals surface area contributed by atoms with Crippen molar-refractivity contribution in [1.82, 2.24) is 4.90 Å². The Balaban J connectivity index is -0.000000111. The van der Waals surface area contributed by atoms with Crippen LogP contribution in [0.15, 0.2) is 0 Å². The van der Waals surface area contributed by atoms with E-state index in [1.807, 2.05) is 13.8 Å². The molecule has 0 heterocycles. The summed E-state index contributed by atoms with van der Waals surface area (Å²) in [5.41, 5.74) is 0. The highest BCUT2D eigenvalue weighted by Gasteiger charge is 1.95. The highest BCUT2D eigenvalue weighted by Crippen LogP contribution is 1.91. The summed E-state index contributed by atoms with van der Waals surface area (Å²) in [6.45, 7) is 24.9. The molecule has 0 aromatic carbocycles. The van der Waals surface area contributed by atoms with E-state index in [0.29, 0.717) is 0 Å². The van der Waals surface area contributed by atoms with Gasteiger partial charge in [-0.05, 0) is 45.3 Å². The van der Waals surface area contributed by atoms with E-state index in [9.17, 15) is 0 Å². The van der Waals surface area contributed by atoms with E-state index in [0.717, 1.165) is 26.1 Å². The summed E-state index contributed by atoms with van der Waals surface area (Å²) in [5, 5.41) is 0. The maximum absolute atomic E-state index is 5.13. The summed E-state index contributed by atoms with van der Waals surface area (Å²) in [7, 11) is 0. The summed E-state index contributed by atoms with van der Waals surface area (Å²) in [5.74, 6) is 0. The third-order valence-corrected chi connectivity index (χ3v) is 2.72. The Morgan fingerprint density at radius 1 is 0.545 bits per heavy atom. The Morgan fingerprint density at radius 3 is 1.09 bits per heavy atom. The molecule has 0 aliphatic heterocycles. The van der Waals surface area contributed by atoms with Crippen molar-refractivity contribution in [3.05, 3.63) is 0 Å². The molecule has 0 radical (unpaired) electrons. The molecule has 0 rings (SSSR count). The van der Waals surface area contributed by atoms with E-state index in [4.69, 9.17) is 4.74 Å². The van der Waals surface area contributed by atoms with Crippen LogP contribution in [-0.4, -0.2) is 37.7 Å². The molecule has 0 N–H and O–H groups in total. The lowest BCUT2D eigenvalue weighted by atomic mass is 10.3. The van der Waals surface area contributed by atoms with Crippen molar-refractivity contribution in [3.63, 3.8) is 0 Å². The van der Waals surface area contributed by atoms with Crippen LogP contribution in [0.1, 0.15) is 101 Å². The normalized spacial score (nSPS) is 9.00. The van der Waals surface area contributed by atoms with Crippen LogP contribution in [0, 0.1) is 0 Å². The molecule has 0 aliphatic rings. The van der Waals surface area contributed by atoms with Crippen LogP contribution in [-0.2, 0) is 4.74 Å². The van der Waals surface area contributed by atoms with Gasteiger partial charge in [-0.1, -0.05) is 75.2 Å². The maximum atomic E-state index is 5.13. The first-order chi connectivity index (χ1) is 10.7. The number of rotatable bonds is 10. The lowest BCUT2D eigenvalue weighted by molar-refractivity contribution is 0.135. The van der Waals surface area contributed by atoms with Gasteiger partial charge in [-0.15, -0.1) is 0 Å². The fourth-order valence-corrected chi connectivity index (χ4v) is 1.45. The average Bonchev–Trinajstić information content (AvgIpc) is 2.58. The molecule has 0 aliphatic carbocycles. The van der Waals surface area contributed by atoms with Crippen molar-refractivity contribution in [3.8, 4) is 0 Å². The van der Waals surface area contributed by atoms with Gasteiger partial charge in [0.1, 0.15) is 0 Å². The van der Waals surface area contributed by atoms with Gasteiger partial charge < -0.3 is 9.64 Å². The largest absolute Gasteiger partial charge is 0.381 e. The number of ether oxygens (including phenoxy) is 1. The van der Waals surface area contributed by atoms with Gasteiger partial charge in [0.05, 0.1) is 0 Å². The second-order valence-corrected chi connectivity index (χ2v) is 5.05. The minimum atomic E-state index is 0.924. The number of hydrogen-bond acceptors (Lipinski definition) is 2. The second kappa shape index (κ2) is 37.3. The first-order valence-corrected chi connectivity index (χ1v) is 9.98. The third kappa shape index (κ3) is 42.7. The molecule has 22 heavy (non-hydrogen) atoms. The van der Waals surface area contributed by atoms with Gasteiger partial charge in [0.2, 0.25) is 0 Å². The van der Waals surface area contributed by atoms with E-state index in [1.54, 1.807) is 0 Å². The fourth-order valence-electron chi connectivity index (χ4n) is 1.45. The molecule has 0 spiro atoms. The van der Waals surface area contributed by atoms with Crippen LogP contribution in [0.4, 0.5) is 0 Å². The molecule has 2 nitrogen and oxygen atoms in total. The van der Waals surface area contributed by atoms with Crippen LogP contribution < -0.4 is 0 Å². The zero-order valence-electron chi connectivity index (χ0n) is 17.6. The number of hydrogen-bond donors (Lipinski definition) is 0. The Bertz CT molecular complexity index is 117. The van der Waals surface area contributed by atoms with E-state index < -0.39 is 0 Å². The standard InChI is InChI=1S/C8H19N.C6H14O.C4H10.C2H6/c1-4-7-9(6-3)8-5-2;1-3-5-7-6-4-2;1-3-4-2;1-2/h4-8H2,1-3H3;3-6H2,1-2H3;3-4H2,1-2H3;1-2H3. The molecule has 0 bridgehead atoms. The zero-order valence-corrected chi connectivity index (χ0v) is 17.6. The highest BCUT2D eigenvalue weighted by molar-refractivity contribution is 4.50. The summed E-state index contributed by atoms with van der Waals surface area (Å²) >= 11 is 0. The molecule has 0 saturated heterocycles. The Kier molecular flexibility index (Phi) is 50.6. The van der Waals surface area contributed by atoms with Gasteiger partial charge in [-0.3, -0.25) is 0 Å². The molecule has 2 heteroatoms. The van der Waals surface area contributed by atoms with Crippen molar-refractivity contribution in [2.45, 2.75) is 101 Å². The van der Waals surface area contributed by atoms with Crippen molar-refractivity contribution < 1.29 is 4.74 Å². The van der Waals surface area contributed by atoms with Crippen molar-refractivity contribution in [1.29, 1.82) is 0 Å². The average molecular weight is 320 g/mol. The quantitative estimate of drug-likeness (QED) is 0.411.